The van der Waals surface area contributed by atoms with E-state index in [1.807, 2.05) is 39.8 Å². The van der Waals surface area contributed by atoms with Crippen LogP contribution in [0.4, 0.5) is 10.5 Å². The highest BCUT2D eigenvalue weighted by Crippen LogP contribution is 2.25. The van der Waals surface area contributed by atoms with Crippen LogP contribution in [-0.4, -0.2) is 35.0 Å². The highest BCUT2D eigenvalue weighted by Gasteiger charge is 2.36. The van der Waals surface area contributed by atoms with Crippen molar-refractivity contribution in [3.63, 3.8) is 0 Å². The summed E-state index contributed by atoms with van der Waals surface area (Å²) in [6.07, 6.45) is 0.326. The summed E-state index contributed by atoms with van der Waals surface area (Å²) in [6, 6.07) is 4.91. The van der Waals surface area contributed by atoms with Crippen molar-refractivity contribution >= 4 is 29.2 Å². The highest BCUT2D eigenvalue weighted by atomic mass is 35.5. The van der Waals surface area contributed by atoms with E-state index in [1.54, 1.807) is 11.0 Å². The van der Waals surface area contributed by atoms with Crippen LogP contribution in [0, 0.1) is 6.92 Å². The van der Waals surface area contributed by atoms with Gasteiger partial charge in [-0.25, -0.2) is 4.79 Å². The Morgan fingerprint density at radius 3 is 2.59 bits per heavy atom. The Morgan fingerprint density at radius 2 is 2.05 bits per heavy atom. The second-order valence-electron chi connectivity index (χ2n) is 6.61. The molecule has 0 aliphatic carbocycles. The number of anilines is 1. The van der Waals surface area contributed by atoms with Crippen LogP contribution in [0.2, 0.25) is 5.02 Å². The van der Waals surface area contributed by atoms with Crippen molar-refractivity contribution in [1.82, 2.24) is 10.2 Å². The summed E-state index contributed by atoms with van der Waals surface area (Å²) in [6.45, 7) is 8.36. The summed E-state index contributed by atoms with van der Waals surface area (Å²) < 4.78 is 0. The molecule has 1 aliphatic heterocycles. The van der Waals surface area contributed by atoms with Gasteiger partial charge in [-0.05, 0) is 39.3 Å². The van der Waals surface area contributed by atoms with Crippen molar-refractivity contribution in [2.75, 3.05) is 11.9 Å². The minimum atomic E-state index is -0.343. The molecule has 0 unspecified atom stereocenters. The number of rotatable bonds is 2. The van der Waals surface area contributed by atoms with Crippen LogP contribution in [0.5, 0.6) is 0 Å². The van der Waals surface area contributed by atoms with E-state index < -0.39 is 0 Å². The zero-order valence-corrected chi connectivity index (χ0v) is 14.1. The zero-order valence-electron chi connectivity index (χ0n) is 13.4. The summed E-state index contributed by atoms with van der Waals surface area (Å²) in [5.41, 5.74) is 1.25. The van der Waals surface area contributed by atoms with E-state index in [2.05, 4.69) is 10.6 Å². The number of aryl methyl sites for hydroxylation is 1. The first-order valence-electron chi connectivity index (χ1n) is 7.31. The number of amides is 3. The van der Waals surface area contributed by atoms with Gasteiger partial charge in [-0.15, -0.1) is 0 Å². The Balaban J connectivity index is 1.98. The third kappa shape index (κ3) is 3.71. The van der Waals surface area contributed by atoms with Gasteiger partial charge in [0.2, 0.25) is 5.91 Å². The average Bonchev–Trinajstić information content (AvgIpc) is 2.75. The minimum absolute atomic E-state index is 0.0618. The summed E-state index contributed by atoms with van der Waals surface area (Å²) in [5, 5.41) is 6.10. The number of nitrogens with one attached hydrogen (secondary N) is 2. The normalized spacial score (nSPS) is 18.5. The molecule has 3 amide bonds. The predicted molar refractivity (Wildman–Crippen MR) is 88.2 cm³/mol. The maximum atomic E-state index is 12.1. The van der Waals surface area contributed by atoms with Crippen LogP contribution in [0.15, 0.2) is 18.2 Å². The van der Waals surface area contributed by atoms with Crippen molar-refractivity contribution in [2.45, 2.75) is 45.7 Å². The molecular formula is C16H22ClN3O2. The SMILES string of the molecule is Cc1cccc(Cl)c1NC(=O)N[C@H]1CC(=O)N(C(C)(C)C)C1. The molecule has 1 aromatic carbocycles. The number of para-hydroxylation sites is 1. The lowest BCUT2D eigenvalue weighted by atomic mass is 10.1. The van der Waals surface area contributed by atoms with Gasteiger partial charge in [0.05, 0.1) is 16.8 Å². The maximum absolute atomic E-state index is 12.1. The average molecular weight is 324 g/mol. The van der Waals surface area contributed by atoms with E-state index in [0.29, 0.717) is 23.7 Å². The van der Waals surface area contributed by atoms with Crippen molar-refractivity contribution in [1.29, 1.82) is 0 Å². The number of likely N-dealkylation sites (tertiary alicyclic amines) is 1. The first-order valence-corrected chi connectivity index (χ1v) is 7.69. The largest absolute Gasteiger partial charge is 0.336 e. The van der Waals surface area contributed by atoms with E-state index in [1.165, 1.54) is 0 Å². The molecule has 0 aromatic heterocycles. The minimum Gasteiger partial charge on any atom is -0.336 e. The van der Waals surface area contributed by atoms with Gasteiger partial charge >= 0.3 is 6.03 Å². The third-order valence-electron chi connectivity index (χ3n) is 3.73. The van der Waals surface area contributed by atoms with Crippen LogP contribution in [0.1, 0.15) is 32.8 Å². The van der Waals surface area contributed by atoms with Crippen molar-refractivity contribution in [3.05, 3.63) is 28.8 Å². The van der Waals surface area contributed by atoms with Gasteiger partial charge < -0.3 is 15.5 Å². The summed E-state index contributed by atoms with van der Waals surface area (Å²) >= 11 is 6.09. The van der Waals surface area contributed by atoms with Crippen LogP contribution in [-0.2, 0) is 4.79 Å². The summed E-state index contributed by atoms with van der Waals surface area (Å²) in [5.74, 6) is 0.0618. The van der Waals surface area contributed by atoms with E-state index in [0.717, 1.165) is 5.56 Å². The molecule has 0 spiro atoms. The first-order chi connectivity index (χ1) is 10.2. The number of carbonyl (C=O) groups excluding carboxylic acids is 2. The smallest absolute Gasteiger partial charge is 0.319 e. The molecule has 0 saturated carbocycles. The molecule has 1 heterocycles. The highest BCUT2D eigenvalue weighted by molar-refractivity contribution is 6.33. The number of hydrogen-bond acceptors (Lipinski definition) is 2. The molecule has 120 valence electrons. The fourth-order valence-electron chi connectivity index (χ4n) is 2.58. The molecule has 22 heavy (non-hydrogen) atoms. The second kappa shape index (κ2) is 6.16. The van der Waals surface area contributed by atoms with Crippen LogP contribution >= 0.6 is 11.6 Å². The fraction of sp³-hybridized carbons (Fsp3) is 0.500. The second-order valence-corrected chi connectivity index (χ2v) is 7.01. The molecule has 2 N–H and O–H groups in total. The Morgan fingerprint density at radius 1 is 1.36 bits per heavy atom. The lowest BCUT2D eigenvalue weighted by molar-refractivity contribution is -0.131. The molecule has 2 rings (SSSR count). The Bertz CT molecular complexity index is 575. The molecule has 1 atom stereocenters. The molecular weight excluding hydrogens is 302 g/mol. The van der Waals surface area contributed by atoms with Gasteiger partial charge in [-0.2, -0.15) is 0 Å². The zero-order chi connectivity index (χ0) is 16.5. The van der Waals surface area contributed by atoms with Crippen LogP contribution in [0.3, 0.4) is 0 Å². The molecule has 1 fully saturated rings. The summed E-state index contributed by atoms with van der Waals surface area (Å²) in [7, 11) is 0. The fourth-order valence-corrected chi connectivity index (χ4v) is 2.85. The Hall–Kier alpha value is -1.75. The van der Waals surface area contributed by atoms with Crippen molar-refractivity contribution in [3.8, 4) is 0 Å². The lowest BCUT2D eigenvalue weighted by Crippen LogP contribution is -2.45. The van der Waals surface area contributed by atoms with Gasteiger partial charge in [-0.1, -0.05) is 23.7 Å². The Labute approximate surface area is 136 Å². The molecule has 6 heteroatoms. The molecule has 1 aromatic rings. The lowest BCUT2D eigenvalue weighted by Gasteiger charge is -2.32. The van der Waals surface area contributed by atoms with Crippen LogP contribution < -0.4 is 10.6 Å². The van der Waals surface area contributed by atoms with E-state index >= 15 is 0 Å². The van der Waals surface area contributed by atoms with E-state index in [4.69, 9.17) is 11.6 Å². The van der Waals surface area contributed by atoms with E-state index in [9.17, 15) is 9.59 Å². The number of halogens is 1. The Kier molecular flexibility index (Phi) is 4.66. The third-order valence-corrected chi connectivity index (χ3v) is 4.05. The summed E-state index contributed by atoms with van der Waals surface area (Å²) in [4.78, 5) is 25.9. The quantitative estimate of drug-likeness (QED) is 0.878. The predicted octanol–water partition coefficient (Wildman–Crippen LogP) is 3.17. The number of carbonyl (C=O) groups is 2. The maximum Gasteiger partial charge on any atom is 0.319 e. The monoisotopic (exact) mass is 323 g/mol. The molecule has 5 nitrogen and oxygen atoms in total. The molecule has 0 radical (unpaired) electrons. The number of benzene rings is 1. The van der Waals surface area contributed by atoms with Crippen molar-refractivity contribution < 1.29 is 9.59 Å². The first kappa shape index (κ1) is 16.6. The standard InChI is InChI=1S/C16H22ClN3O2/c1-10-6-5-7-12(17)14(10)19-15(22)18-11-8-13(21)20(9-11)16(2,3)4/h5-7,11H,8-9H2,1-4H3,(H2,18,19,22)/t11-/m0/s1. The topological polar surface area (TPSA) is 61.4 Å². The number of nitrogens with zero attached hydrogens (tertiary/aromatic N) is 1. The van der Waals surface area contributed by atoms with Crippen molar-refractivity contribution in [2.24, 2.45) is 0 Å². The van der Waals surface area contributed by atoms with Gasteiger partial charge in [0.15, 0.2) is 0 Å². The molecule has 0 bridgehead atoms. The van der Waals surface area contributed by atoms with Gasteiger partial charge in [-0.3, -0.25) is 4.79 Å². The van der Waals surface area contributed by atoms with Crippen LogP contribution in [0.25, 0.3) is 0 Å². The number of hydrogen-bond donors (Lipinski definition) is 2. The van der Waals surface area contributed by atoms with E-state index in [-0.39, 0.29) is 23.5 Å². The molecule has 1 saturated heterocycles. The van der Waals surface area contributed by atoms with Gasteiger partial charge in [0, 0.05) is 18.5 Å². The molecule has 1 aliphatic rings. The van der Waals surface area contributed by atoms with Gasteiger partial charge in [0.25, 0.3) is 0 Å². The van der Waals surface area contributed by atoms with Gasteiger partial charge in [0.1, 0.15) is 0 Å². The number of urea groups is 1.